The molecule has 0 aliphatic carbocycles. The van der Waals surface area contributed by atoms with Gasteiger partial charge in [-0.3, -0.25) is 0 Å². The second kappa shape index (κ2) is 7.47. The van der Waals surface area contributed by atoms with E-state index in [1.165, 1.54) is 0 Å². The van der Waals surface area contributed by atoms with E-state index in [-0.39, 0.29) is 0 Å². The minimum atomic E-state index is -2.27. The molecule has 0 amide bonds. The Balaban J connectivity index is 0. The number of hydrogen-bond acceptors (Lipinski definition) is 5. The molecule has 0 aliphatic heterocycles. The molecular weight excluding hydrogens is 182 g/mol. The molecule has 7 nitrogen and oxygen atoms in total. The van der Waals surface area contributed by atoms with Gasteiger partial charge in [0.25, 0.3) is 0 Å². The van der Waals surface area contributed by atoms with E-state index in [0.717, 1.165) is 0 Å². The van der Waals surface area contributed by atoms with E-state index in [1.807, 2.05) is 14.1 Å². The van der Waals surface area contributed by atoms with Crippen LogP contribution >= 0.6 is 0 Å². The minimum absolute atomic E-state index is 1.77. The lowest BCUT2D eigenvalue weighted by molar-refractivity contribution is -0.165. The van der Waals surface area contributed by atoms with Crippen LogP contribution in [0.15, 0.2) is 0 Å². The van der Waals surface area contributed by atoms with Gasteiger partial charge in [0.1, 0.15) is 0 Å². The summed E-state index contributed by atoms with van der Waals surface area (Å²) in [5.41, 5.74) is 0. The molecule has 0 saturated carbocycles. The molecule has 0 heterocycles. The SMILES string of the molecule is CNC.O=C(O)C(O)C(O)C(=O)O. The Morgan fingerprint density at radius 1 is 1.00 bits per heavy atom. The first-order valence-corrected chi connectivity index (χ1v) is 3.28. The van der Waals surface area contributed by atoms with Crippen molar-refractivity contribution in [3.05, 3.63) is 0 Å². The number of carbonyl (C=O) groups is 2. The normalized spacial score (nSPS) is 13.5. The van der Waals surface area contributed by atoms with Gasteiger partial charge >= 0.3 is 11.9 Å². The largest absolute Gasteiger partial charge is 0.479 e. The molecule has 2 atom stereocenters. The Morgan fingerprint density at radius 3 is 1.23 bits per heavy atom. The maximum absolute atomic E-state index is 9.77. The van der Waals surface area contributed by atoms with E-state index in [4.69, 9.17) is 20.4 Å². The van der Waals surface area contributed by atoms with E-state index in [2.05, 4.69) is 5.32 Å². The first-order valence-electron chi connectivity index (χ1n) is 3.28. The molecule has 0 bridgehead atoms. The summed E-state index contributed by atoms with van der Waals surface area (Å²) in [6, 6.07) is 0. The Kier molecular flexibility index (Phi) is 8.24. The summed E-state index contributed by atoms with van der Waals surface area (Å²) in [5.74, 6) is -3.54. The zero-order valence-corrected chi connectivity index (χ0v) is 7.26. The van der Waals surface area contributed by atoms with E-state index < -0.39 is 24.1 Å². The van der Waals surface area contributed by atoms with Gasteiger partial charge in [-0.25, -0.2) is 9.59 Å². The number of carboxylic acid groups (broad SMARTS) is 2. The van der Waals surface area contributed by atoms with Crippen molar-refractivity contribution in [3.8, 4) is 0 Å². The van der Waals surface area contributed by atoms with E-state index in [1.54, 1.807) is 0 Å². The summed E-state index contributed by atoms with van der Waals surface area (Å²) in [4.78, 5) is 19.5. The van der Waals surface area contributed by atoms with Gasteiger partial charge in [0.15, 0.2) is 12.2 Å². The van der Waals surface area contributed by atoms with Gasteiger partial charge in [-0.15, -0.1) is 0 Å². The summed E-state index contributed by atoms with van der Waals surface area (Å²) in [5, 5.41) is 35.3. The Labute approximate surface area is 74.6 Å². The van der Waals surface area contributed by atoms with E-state index in [0.29, 0.717) is 0 Å². The molecule has 0 spiro atoms. The van der Waals surface area contributed by atoms with Crippen molar-refractivity contribution in [1.82, 2.24) is 5.32 Å². The van der Waals surface area contributed by atoms with Gasteiger partial charge in [-0.1, -0.05) is 0 Å². The molecule has 7 heteroatoms. The second-order valence-corrected chi connectivity index (χ2v) is 2.07. The summed E-state index contributed by atoms with van der Waals surface area (Å²) < 4.78 is 0. The van der Waals surface area contributed by atoms with Crippen molar-refractivity contribution in [2.24, 2.45) is 0 Å². The summed E-state index contributed by atoms with van der Waals surface area (Å²) in [6.45, 7) is 0. The highest BCUT2D eigenvalue weighted by atomic mass is 16.4. The number of rotatable bonds is 3. The number of aliphatic hydroxyl groups is 2. The predicted molar refractivity (Wildman–Crippen MR) is 42.3 cm³/mol. The molecule has 2 unspecified atom stereocenters. The van der Waals surface area contributed by atoms with Crippen LogP contribution in [-0.2, 0) is 9.59 Å². The van der Waals surface area contributed by atoms with Gasteiger partial charge in [-0.05, 0) is 14.1 Å². The lowest BCUT2D eigenvalue weighted by Gasteiger charge is -2.07. The smallest absolute Gasteiger partial charge is 0.335 e. The Morgan fingerprint density at radius 2 is 1.15 bits per heavy atom. The molecule has 0 fully saturated rings. The van der Waals surface area contributed by atoms with Gasteiger partial charge in [0.05, 0.1) is 0 Å². The van der Waals surface area contributed by atoms with Gasteiger partial charge in [0.2, 0.25) is 0 Å². The first kappa shape index (κ1) is 14.3. The molecule has 0 aliphatic rings. The van der Waals surface area contributed by atoms with Crippen molar-refractivity contribution in [1.29, 1.82) is 0 Å². The molecule has 13 heavy (non-hydrogen) atoms. The fourth-order valence-electron chi connectivity index (χ4n) is 0.270. The maximum Gasteiger partial charge on any atom is 0.335 e. The van der Waals surface area contributed by atoms with Crippen LogP contribution in [-0.4, -0.2) is 58.7 Å². The van der Waals surface area contributed by atoms with Crippen LogP contribution < -0.4 is 5.32 Å². The molecule has 0 aromatic rings. The van der Waals surface area contributed by atoms with Gasteiger partial charge < -0.3 is 25.7 Å². The minimum Gasteiger partial charge on any atom is -0.479 e. The molecule has 78 valence electrons. The zero-order chi connectivity index (χ0) is 11.0. The number of aliphatic carboxylic acids is 2. The molecule has 0 saturated heterocycles. The maximum atomic E-state index is 9.77. The quantitative estimate of drug-likeness (QED) is 0.343. The van der Waals surface area contributed by atoms with Crippen molar-refractivity contribution in [2.75, 3.05) is 14.1 Å². The van der Waals surface area contributed by atoms with Crippen LogP contribution in [0, 0.1) is 0 Å². The molecule has 5 N–H and O–H groups in total. The van der Waals surface area contributed by atoms with Crippen LogP contribution in [0.3, 0.4) is 0 Å². The second-order valence-electron chi connectivity index (χ2n) is 2.07. The number of aliphatic hydroxyl groups excluding tert-OH is 2. The summed E-state index contributed by atoms with van der Waals surface area (Å²) in [6.07, 6.45) is -4.53. The topological polar surface area (TPSA) is 127 Å². The van der Waals surface area contributed by atoms with Crippen LogP contribution in [0.4, 0.5) is 0 Å². The van der Waals surface area contributed by atoms with Crippen LogP contribution in [0.5, 0.6) is 0 Å². The van der Waals surface area contributed by atoms with Crippen LogP contribution in [0.2, 0.25) is 0 Å². The van der Waals surface area contributed by atoms with E-state index >= 15 is 0 Å². The number of carboxylic acids is 2. The Bertz CT molecular complexity index is 153. The first-order chi connectivity index (χ1) is 5.88. The molecule has 0 radical (unpaired) electrons. The highest BCUT2D eigenvalue weighted by Gasteiger charge is 2.29. The lowest BCUT2D eigenvalue weighted by atomic mass is 10.2. The van der Waals surface area contributed by atoms with Crippen molar-refractivity contribution < 1.29 is 30.0 Å². The Hall–Kier alpha value is -1.18. The highest BCUT2D eigenvalue weighted by Crippen LogP contribution is 1.92. The highest BCUT2D eigenvalue weighted by molar-refractivity contribution is 5.82. The number of nitrogens with one attached hydrogen (secondary N) is 1. The standard InChI is InChI=1S/C4H6O6.C2H7N/c5-1(3(7)8)2(6)4(9)10;1-3-2/h1-2,5-6H,(H,7,8)(H,9,10);3H,1-2H3. The fraction of sp³-hybridized carbons (Fsp3) is 0.667. The third kappa shape index (κ3) is 7.19. The molecule has 0 rings (SSSR count). The third-order valence-corrected chi connectivity index (χ3v) is 0.805. The monoisotopic (exact) mass is 195 g/mol. The van der Waals surface area contributed by atoms with Crippen molar-refractivity contribution in [3.63, 3.8) is 0 Å². The predicted octanol–water partition coefficient (Wildman–Crippen LogP) is -2.29. The number of hydrogen-bond donors (Lipinski definition) is 5. The van der Waals surface area contributed by atoms with Crippen LogP contribution in [0.25, 0.3) is 0 Å². The third-order valence-electron chi connectivity index (χ3n) is 0.805. The zero-order valence-electron chi connectivity index (χ0n) is 7.26. The van der Waals surface area contributed by atoms with Crippen LogP contribution in [0.1, 0.15) is 0 Å². The van der Waals surface area contributed by atoms with Crippen molar-refractivity contribution >= 4 is 11.9 Å². The molecule has 0 aromatic carbocycles. The van der Waals surface area contributed by atoms with Gasteiger partial charge in [-0.2, -0.15) is 0 Å². The van der Waals surface area contributed by atoms with E-state index in [9.17, 15) is 9.59 Å². The average molecular weight is 195 g/mol. The fourth-order valence-corrected chi connectivity index (χ4v) is 0.270. The van der Waals surface area contributed by atoms with Crippen molar-refractivity contribution in [2.45, 2.75) is 12.2 Å². The average Bonchev–Trinajstić information content (AvgIpc) is 2.03. The summed E-state index contributed by atoms with van der Waals surface area (Å²) in [7, 11) is 3.75. The summed E-state index contributed by atoms with van der Waals surface area (Å²) >= 11 is 0. The molecule has 0 aromatic heterocycles. The molecular formula is C6H13NO6. The lowest BCUT2D eigenvalue weighted by Crippen LogP contribution is -2.39. The van der Waals surface area contributed by atoms with Gasteiger partial charge in [0, 0.05) is 0 Å².